The quantitative estimate of drug-likeness (QED) is 0.100. The molecule has 0 saturated heterocycles. The minimum Gasteiger partial charge on any atom is -0.264 e. The van der Waals surface area contributed by atoms with E-state index in [4.69, 9.17) is 245 Å². The molecule has 0 unspecified atom stereocenters. The zero-order valence-electron chi connectivity index (χ0n) is 29.7. The van der Waals surface area contributed by atoms with E-state index < -0.39 is 146 Å². The average molecular weight is 1370 g/mol. The zero-order chi connectivity index (χ0) is 63.0. The summed E-state index contributed by atoms with van der Waals surface area (Å²) >= 11 is 0. The first-order chi connectivity index (χ1) is 28.0. The summed E-state index contributed by atoms with van der Waals surface area (Å²) in [6.45, 7) is 0. The maximum atomic E-state index is 8.74. The predicted octanol–water partition coefficient (Wildman–Crippen LogP) is -9.14. The summed E-state index contributed by atoms with van der Waals surface area (Å²) in [5.41, 5.74) is 0. The third kappa shape index (κ3) is 84900. The van der Waals surface area contributed by atoms with Gasteiger partial charge in [-0.05, 0) is 0 Å². The largest absolute Gasteiger partial charge is 0.394 e. The van der Waals surface area contributed by atoms with E-state index in [0.29, 0.717) is 0 Å². The monoisotopic (exact) mass is 1370 g/mol. The van der Waals surface area contributed by atoms with Gasteiger partial charge in [0.1, 0.15) is 0 Å². The number of rotatable bonds is 0. The van der Waals surface area contributed by atoms with Crippen LogP contribution in [0.4, 0.5) is 0 Å². The smallest absolute Gasteiger partial charge is 0.264 e. The standard InChI is InChI=1S/14H2O4S/c14*1-5(2,3)4/h14*(H2,1,2,3,4). The van der Waals surface area contributed by atoms with E-state index in [1.807, 2.05) is 0 Å². The molecule has 70 heteroatoms. The molecule has 0 aliphatic heterocycles. The highest BCUT2D eigenvalue weighted by Crippen LogP contribution is 1.64. The Morgan fingerprint density at radius 2 is 0.0857 bits per heavy atom. The molecule has 56 nitrogen and oxygen atoms in total. The summed E-state index contributed by atoms with van der Waals surface area (Å²) in [4.78, 5) is 0. The molecule has 0 aromatic carbocycles. The second kappa shape index (κ2) is 43.6. The van der Waals surface area contributed by atoms with Gasteiger partial charge < -0.3 is 0 Å². The maximum absolute atomic E-state index is 8.74. The van der Waals surface area contributed by atoms with Crippen molar-refractivity contribution in [3.8, 4) is 0 Å². The van der Waals surface area contributed by atoms with E-state index in [0.717, 1.165) is 0 Å². The van der Waals surface area contributed by atoms with Crippen molar-refractivity contribution >= 4 is 146 Å². The van der Waals surface area contributed by atoms with Gasteiger partial charge in [-0.15, -0.1) is 0 Å². The van der Waals surface area contributed by atoms with Gasteiger partial charge in [-0.25, -0.2) is 0 Å². The van der Waals surface area contributed by atoms with Crippen LogP contribution < -0.4 is 0 Å². The lowest BCUT2D eigenvalue weighted by atomic mass is 15.8. The van der Waals surface area contributed by atoms with E-state index in [2.05, 4.69) is 0 Å². The van der Waals surface area contributed by atoms with Crippen molar-refractivity contribution in [3.63, 3.8) is 0 Å². The first-order valence-corrected chi connectivity index (χ1v) is 29.3. The minimum absolute atomic E-state index is 4.67. The van der Waals surface area contributed by atoms with Crippen LogP contribution in [0.1, 0.15) is 0 Å². The normalized spacial score (nSPS) is 11.6. The van der Waals surface area contributed by atoms with Gasteiger partial charge in [0.05, 0.1) is 0 Å². The fraction of sp³-hybridized carbons (Fsp3) is 0. The van der Waals surface area contributed by atoms with Gasteiger partial charge in [-0.3, -0.25) is 127 Å². The van der Waals surface area contributed by atoms with Crippen molar-refractivity contribution in [2.75, 3.05) is 0 Å². The van der Waals surface area contributed by atoms with Crippen LogP contribution in [0.3, 0.4) is 0 Å². The van der Waals surface area contributed by atoms with Crippen LogP contribution in [-0.4, -0.2) is 245 Å². The molecule has 0 atom stereocenters. The second-order valence-corrected chi connectivity index (χ2v) is 18.8. The van der Waals surface area contributed by atoms with Crippen molar-refractivity contribution in [1.82, 2.24) is 0 Å². The molecule has 0 aliphatic rings. The van der Waals surface area contributed by atoms with E-state index in [1.54, 1.807) is 0 Å². The Kier molecular flexibility index (Phi) is 65.2. The fourth-order valence-electron chi connectivity index (χ4n) is 0. The van der Waals surface area contributed by atoms with Crippen LogP contribution in [0.25, 0.3) is 0 Å². The van der Waals surface area contributed by atoms with E-state index >= 15 is 0 Å². The summed E-state index contributed by atoms with van der Waals surface area (Å²) in [6, 6.07) is 0. The SMILES string of the molecule is O=S(=O)(O)O.O=S(=O)(O)O.O=S(=O)(O)O.O=S(=O)(O)O.O=S(=O)(O)O.O=S(=O)(O)O.O=S(=O)(O)O.O=S(=O)(O)O.O=S(=O)(O)O.O=S(=O)(O)O.O=S(=O)(O)O.O=S(=O)(O)O.O=S(=O)(O)O.O=S(=O)(O)O. The molecule has 0 aromatic heterocycles. The molecule has 0 bridgehead atoms. The lowest BCUT2D eigenvalue weighted by Gasteiger charge is -1.68. The fourth-order valence-corrected chi connectivity index (χ4v) is 0. The van der Waals surface area contributed by atoms with Crippen LogP contribution >= 0.6 is 0 Å². The molecule has 28 N–H and O–H groups in total. The zero-order valence-corrected chi connectivity index (χ0v) is 41.1. The van der Waals surface area contributed by atoms with Crippen LogP contribution in [0, 0.1) is 0 Å². The van der Waals surface area contributed by atoms with Crippen molar-refractivity contribution in [2.45, 2.75) is 0 Å². The predicted molar refractivity (Wildman–Crippen MR) is 198 cm³/mol. The summed E-state index contributed by atoms with van der Waals surface area (Å²) < 4.78 is 442. The second-order valence-electron chi connectivity index (χ2n) is 6.27. The Balaban J connectivity index is -0.0000000402. The van der Waals surface area contributed by atoms with Gasteiger partial charge in [0, 0.05) is 0 Å². The van der Waals surface area contributed by atoms with Gasteiger partial charge in [0.25, 0.3) is 0 Å². The molecule has 70 heavy (non-hydrogen) atoms. The third-order valence-electron chi connectivity index (χ3n) is 0. The molecular weight excluding hydrogens is 1340 g/mol. The van der Waals surface area contributed by atoms with Gasteiger partial charge in [-0.1, -0.05) is 0 Å². The van der Waals surface area contributed by atoms with Gasteiger partial charge in [0.15, 0.2) is 0 Å². The van der Waals surface area contributed by atoms with Crippen LogP contribution in [0.2, 0.25) is 0 Å². The number of hydrogen-bond acceptors (Lipinski definition) is 28. The van der Waals surface area contributed by atoms with Crippen LogP contribution in [0.5, 0.6) is 0 Å². The van der Waals surface area contributed by atoms with E-state index in [1.165, 1.54) is 0 Å². The Hall–Kier alpha value is -1.82. The van der Waals surface area contributed by atoms with Crippen molar-refractivity contribution in [1.29, 1.82) is 0 Å². The molecule has 448 valence electrons. The molecule has 0 fully saturated rings. The topological polar surface area (TPSA) is 1040 Å². The lowest BCUT2D eigenvalue weighted by molar-refractivity contribution is 0.378. The highest BCUT2D eigenvalue weighted by molar-refractivity contribution is 7.82. The highest BCUT2D eigenvalue weighted by atomic mass is 32.3. The highest BCUT2D eigenvalue weighted by Gasteiger charge is 1.90. The minimum atomic E-state index is -4.67. The van der Waals surface area contributed by atoms with E-state index in [9.17, 15) is 0 Å². The first-order valence-electron chi connectivity index (χ1n) is 9.78. The third-order valence-corrected chi connectivity index (χ3v) is 0. The van der Waals surface area contributed by atoms with Gasteiger partial charge in [0.2, 0.25) is 0 Å². The molecular formula is H28O56S14. The average Bonchev–Trinajstić information content (AvgIpc) is 2.60. The molecule has 0 aromatic rings. The number of hydrogen-bond donors (Lipinski definition) is 28. The van der Waals surface area contributed by atoms with Crippen LogP contribution in [0.15, 0.2) is 0 Å². The lowest BCUT2D eigenvalue weighted by Crippen LogP contribution is -1.89. The molecule has 0 saturated carbocycles. The summed E-state index contributed by atoms with van der Waals surface area (Å²) in [5.74, 6) is 0. The van der Waals surface area contributed by atoms with Crippen molar-refractivity contribution in [2.24, 2.45) is 0 Å². The van der Waals surface area contributed by atoms with Gasteiger partial charge in [-0.2, -0.15) is 118 Å². The van der Waals surface area contributed by atoms with Crippen LogP contribution in [-0.2, 0) is 146 Å². The molecule has 0 amide bonds. The molecule has 0 rings (SSSR count). The Labute approximate surface area is 388 Å². The summed E-state index contributed by atoms with van der Waals surface area (Å²) in [6.07, 6.45) is 0. The first kappa shape index (κ1) is 105. The van der Waals surface area contributed by atoms with Crippen molar-refractivity contribution in [3.05, 3.63) is 0 Å². The van der Waals surface area contributed by atoms with Gasteiger partial charge >= 0.3 is 146 Å². The Morgan fingerprint density at radius 1 is 0.0857 bits per heavy atom. The Morgan fingerprint density at radius 3 is 0.0857 bits per heavy atom. The molecule has 0 aliphatic carbocycles. The summed E-state index contributed by atoms with van der Waals surface area (Å²) in [7, 11) is -65.3. The van der Waals surface area contributed by atoms with Crippen molar-refractivity contribution < 1.29 is 245 Å². The van der Waals surface area contributed by atoms with E-state index in [-0.39, 0.29) is 0 Å². The maximum Gasteiger partial charge on any atom is 0.394 e. The Bertz CT molecular complexity index is 2010. The molecule has 0 spiro atoms. The molecule has 0 radical (unpaired) electrons. The molecule has 0 heterocycles. The summed E-state index contributed by atoms with van der Waals surface area (Å²) in [5, 5.41) is 0.